The molecule has 0 saturated carbocycles. The Morgan fingerprint density at radius 2 is 2.13 bits per heavy atom. The van der Waals surface area contributed by atoms with Crippen LogP contribution in [0, 0.1) is 0 Å². The summed E-state index contributed by atoms with van der Waals surface area (Å²) in [4.78, 5) is 0. The van der Waals surface area contributed by atoms with Crippen LogP contribution in [0.2, 0.25) is 0 Å². The molecule has 1 atom stereocenters. The minimum Gasteiger partial charge on any atom is -0.371 e. The van der Waals surface area contributed by atoms with E-state index in [1.54, 1.807) is 18.0 Å². The zero-order valence-electron chi connectivity index (χ0n) is 9.58. The van der Waals surface area contributed by atoms with E-state index in [9.17, 15) is 4.21 Å². The van der Waals surface area contributed by atoms with Crippen LogP contribution in [0.1, 0.15) is 32.6 Å². The van der Waals surface area contributed by atoms with E-state index in [1.807, 2.05) is 0 Å². The summed E-state index contributed by atoms with van der Waals surface area (Å²) in [7, 11) is -0.652. The summed E-state index contributed by atoms with van der Waals surface area (Å²) < 4.78 is 11.7. The smallest absolute Gasteiger partial charge is 0.133 e. The molecule has 90 valence electrons. The van der Waals surface area contributed by atoms with Crippen LogP contribution in [0.25, 0.3) is 0 Å². The second kappa shape index (κ2) is 10.9. The highest BCUT2D eigenvalue weighted by atomic mass is 32.2. The van der Waals surface area contributed by atoms with E-state index in [2.05, 4.69) is 12.2 Å². The summed E-state index contributed by atoms with van der Waals surface area (Å²) in [5.74, 6) is 1.92. The lowest BCUT2D eigenvalue weighted by molar-refractivity contribution is 0.680. The van der Waals surface area contributed by atoms with Crippen LogP contribution in [0.15, 0.2) is 0 Å². The van der Waals surface area contributed by atoms with Gasteiger partial charge in [-0.1, -0.05) is 37.3 Å². The third kappa shape index (κ3) is 12.3. The molecule has 0 radical (unpaired) electrons. The van der Waals surface area contributed by atoms with Gasteiger partial charge in [-0.15, -0.1) is 0 Å². The Bertz CT molecular complexity index is 197. The van der Waals surface area contributed by atoms with Crippen molar-refractivity contribution >= 4 is 39.1 Å². The first-order valence-corrected chi connectivity index (χ1v) is 8.49. The van der Waals surface area contributed by atoms with E-state index in [4.69, 9.17) is 12.2 Å². The van der Waals surface area contributed by atoms with E-state index >= 15 is 0 Å². The van der Waals surface area contributed by atoms with E-state index in [0.717, 1.165) is 35.2 Å². The number of thiocarbonyl (C=S) groups is 1. The van der Waals surface area contributed by atoms with Gasteiger partial charge >= 0.3 is 0 Å². The zero-order valence-corrected chi connectivity index (χ0v) is 12.0. The van der Waals surface area contributed by atoms with Gasteiger partial charge in [0.1, 0.15) is 4.32 Å². The van der Waals surface area contributed by atoms with Crippen molar-refractivity contribution in [3.8, 4) is 0 Å². The van der Waals surface area contributed by atoms with Crippen LogP contribution in [0.5, 0.6) is 0 Å². The van der Waals surface area contributed by atoms with E-state index in [0.29, 0.717) is 0 Å². The Balaban J connectivity index is 3.20. The van der Waals surface area contributed by atoms with Crippen LogP contribution in [0.3, 0.4) is 0 Å². The van der Waals surface area contributed by atoms with Crippen molar-refractivity contribution in [2.24, 2.45) is 0 Å². The van der Waals surface area contributed by atoms with Crippen molar-refractivity contribution in [2.45, 2.75) is 32.6 Å². The second-order valence-electron chi connectivity index (χ2n) is 3.40. The molecule has 0 heterocycles. The summed E-state index contributed by atoms with van der Waals surface area (Å²) in [5.41, 5.74) is 0. The molecule has 5 heteroatoms. The van der Waals surface area contributed by atoms with Gasteiger partial charge in [0, 0.05) is 35.1 Å². The summed E-state index contributed by atoms with van der Waals surface area (Å²) >= 11 is 6.89. The van der Waals surface area contributed by atoms with E-state index in [-0.39, 0.29) is 0 Å². The van der Waals surface area contributed by atoms with Crippen LogP contribution >= 0.6 is 24.0 Å². The van der Waals surface area contributed by atoms with Gasteiger partial charge in [-0.3, -0.25) is 4.21 Å². The van der Waals surface area contributed by atoms with Gasteiger partial charge < -0.3 is 5.32 Å². The maximum Gasteiger partial charge on any atom is 0.133 e. The fourth-order valence-electron chi connectivity index (χ4n) is 0.981. The van der Waals surface area contributed by atoms with Gasteiger partial charge in [-0.05, 0) is 19.3 Å². The number of nitrogens with one attached hydrogen (secondary N) is 1. The zero-order chi connectivity index (χ0) is 11.5. The summed E-state index contributed by atoms with van der Waals surface area (Å²) in [5, 5.41) is 3.21. The van der Waals surface area contributed by atoms with Crippen molar-refractivity contribution in [1.29, 1.82) is 0 Å². The molecule has 1 N–H and O–H groups in total. The Kier molecular flexibility index (Phi) is 11.2. The molecule has 0 bridgehead atoms. The Labute approximate surface area is 105 Å². The Morgan fingerprint density at radius 1 is 1.40 bits per heavy atom. The van der Waals surface area contributed by atoms with Crippen molar-refractivity contribution in [1.82, 2.24) is 5.32 Å². The lowest BCUT2D eigenvalue weighted by atomic mass is 10.3. The maximum absolute atomic E-state index is 10.8. The van der Waals surface area contributed by atoms with Crippen molar-refractivity contribution in [2.75, 3.05) is 24.3 Å². The topological polar surface area (TPSA) is 29.1 Å². The molecule has 0 aromatic heterocycles. The molecule has 0 aliphatic rings. The third-order valence-electron chi connectivity index (χ3n) is 1.86. The molecular weight excluding hydrogens is 246 g/mol. The molecule has 0 rings (SSSR count). The van der Waals surface area contributed by atoms with E-state index in [1.165, 1.54) is 12.8 Å². The highest BCUT2D eigenvalue weighted by molar-refractivity contribution is 8.22. The predicted molar refractivity (Wildman–Crippen MR) is 76.1 cm³/mol. The Morgan fingerprint density at radius 3 is 2.73 bits per heavy atom. The molecule has 2 nitrogen and oxygen atoms in total. The summed E-state index contributed by atoms with van der Waals surface area (Å²) in [6.07, 6.45) is 6.25. The first-order chi connectivity index (χ1) is 7.16. The fraction of sp³-hybridized carbons (Fsp3) is 0.900. The number of hydrogen-bond acceptors (Lipinski definition) is 3. The lowest BCUT2D eigenvalue weighted by Crippen LogP contribution is -2.20. The van der Waals surface area contributed by atoms with Crippen LogP contribution < -0.4 is 5.32 Å². The molecule has 0 aromatic carbocycles. The molecule has 1 unspecified atom stereocenters. The maximum atomic E-state index is 10.8. The largest absolute Gasteiger partial charge is 0.371 e. The third-order valence-corrected chi connectivity index (χ3v) is 4.12. The SMILES string of the molecule is CCCCSC(=S)NCCCCS(C)=O. The molecule has 0 fully saturated rings. The average Bonchev–Trinajstić information content (AvgIpc) is 2.17. The van der Waals surface area contributed by atoms with Crippen LogP contribution in [-0.2, 0) is 10.8 Å². The quantitative estimate of drug-likeness (QED) is 0.540. The molecule has 15 heavy (non-hydrogen) atoms. The van der Waals surface area contributed by atoms with Crippen molar-refractivity contribution in [3.63, 3.8) is 0 Å². The molecule has 0 aliphatic carbocycles. The highest BCUT2D eigenvalue weighted by Gasteiger charge is 1.96. The molecule has 0 spiro atoms. The molecular formula is C10H21NOS3. The van der Waals surface area contributed by atoms with Crippen LogP contribution in [-0.4, -0.2) is 32.8 Å². The standard InChI is InChI=1S/C10H21NOS3/c1-3-4-8-14-10(13)11-7-5-6-9-15(2)12/h3-9H2,1-2H3,(H,11,13). The number of hydrogen-bond donors (Lipinski definition) is 1. The minimum atomic E-state index is -0.652. The predicted octanol–water partition coefficient (Wildman–Crippen LogP) is 2.55. The molecule has 0 amide bonds. The lowest BCUT2D eigenvalue weighted by Gasteiger charge is -2.06. The summed E-state index contributed by atoms with van der Waals surface area (Å²) in [6.45, 7) is 3.09. The Hall–Kier alpha value is 0.390. The van der Waals surface area contributed by atoms with E-state index < -0.39 is 10.8 Å². The highest BCUT2D eigenvalue weighted by Crippen LogP contribution is 2.05. The normalized spacial score (nSPS) is 12.4. The van der Waals surface area contributed by atoms with Crippen molar-refractivity contribution < 1.29 is 4.21 Å². The summed E-state index contributed by atoms with van der Waals surface area (Å²) in [6, 6.07) is 0. The second-order valence-corrected chi connectivity index (χ2v) is 6.73. The van der Waals surface area contributed by atoms with Crippen molar-refractivity contribution in [3.05, 3.63) is 0 Å². The van der Waals surface area contributed by atoms with Gasteiger partial charge in [0.15, 0.2) is 0 Å². The number of thioether (sulfide) groups is 1. The molecule has 0 aliphatic heterocycles. The van der Waals surface area contributed by atoms with Gasteiger partial charge in [0.2, 0.25) is 0 Å². The first-order valence-electron chi connectivity index (χ1n) is 5.37. The average molecular weight is 267 g/mol. The van der Waals surface area contributed by atoms with Gasteiger partial charge in [-0.2, -0.15) is 0 Å². The first kappa shape index (κ1) is 15.4. The molecule has 0 saturated heterocycles. The van der Waals surface area contributed by atoms with Crippen LogP contribution in [0.4, 0.5) is 0 Å². The fourth-order valence-corrected chi connectivity index (χ4v) is 2.77. The molecule has 0 aromatic rings. The minimum absolute atomic E-state index is 0.652. The number of rotatable bonds is 8. The monoisotopic (exact) mass is 267 g/mol. The van der Waals surface area contributed by atoms with Gasteiger partial charge in [0.05, 0.1) is 0 Å². The van der Waals surface area contributed by atoms with Gasteiger partial charge in [0.25, 0.3) is 0 Å². The number of unbranched alkanes of at least 4 members (excludes halogenated alkanes) is 2. The van der Waals surface area contributed by atoms with Gasteiger partial charge in [-0.25, -0.2) is 0 Å².